The van der Waals surface area contributed by atoms with Crippen LogP contribution in [0.25, 0.3) is 0 Å². The molecule has 0 atom stereocenters. The predicted octanol–water partition coefficient (Wildman–Crippen LogP) is 0.871. The molecule has 2 rings (SSSR count). The quantitative estimate of drug-likeness (QED) is 0.746. The molecule has 0 bridgehead atoms. The minimum Gasteiger partial charge on any atom is -0.497 e. The Bertz CT molecular complexity index is 750. The zero-order chi connectivity index (χ0) is 17.5. The minimum absolute atomic E-state index is 0.0719. The summed E-state index contributed by atoms with van der Waals surface area (Å²) in [6.45, 7) is -0.519. The van der Waals surface area contributed by atoms with Crippen LogP contribution < -0.4 is 20.5 Å². The second-order valence-electron chi connectivity index (χ2n) is 4.48. The molecule has 9 nitrogen and oxygen atoms in total. The number of methoxy groups -OCH3 is 2. The highest BCUT2D eigenvalue weighted by atomic mass is 16.5. The summed E-state index contributed by atoms with van der Waals surface area (Å²) >= 11 is 0. The number of nitrogen functional groups attached to an aromatic ring is 1. The van der Waals surface area contributed by atoms with E-state index in [0.717, 1.165) is 0 Å². The lowest BCUT2D eigenvalue weighted by Crippen LogP contribution is -2.22. The van der Waals surface area contributed by atoms with Gasteiger partial charge in [-0.25, -0.2) is 14.8 Å². The van der Waals surface area contributed by atoms with Crippen LogP contribution in [-0.4, -0.2) is 42.7 Å². The molecule has 1 aromatic heterocycles. The fourth-order valence-corrected chi connectivity index (χ4v) is 1.80. The largest absolute Gasteiger partial charge is 0.497 e. The van der Waals surface area contributed by atoms with Crippen molar-refractivity contribution in [3.05, 3.63) is 36.3 Å². The van der Waals surface area contributed by atoms with Crippen LogP contribution in [0.1, 0.15) is 10.5 Å². The number of nitrogens with two attached hydrogens (primary N) is 1. The number of anilines is 2. The average molecular weight is 332 g/mol. The SMILES string of the molecule is COc1ccc(OC)c(NC(=O)COC(=O)c2nccnc2N)c1. The molecule has 0 radical (unpaired) electrons. The summed E-state index contributed by atoms with van der Waals surface area (Å²) in [7, 11) is 2.97. The van der Waals surface area contributed by atoms with Gasteiger partial charge in [-0.05, 0) is 12.1 Å². The van der Waals surface area contributed by atoms with Gasteiger partial charge < -0.3 is 25.3 Å². The molecule has 126 valence electrons. The standard InChI is InChI=1S/C15H16N4O5/c1-22-9-3-4-11(23-2)10(7-9)19-12(20)8-24-15(21)13-14(16)18-6-5-17-13/h3-7H,8H2,1-2H3,(H2,16,18)(H,19,20). The number of benzene rings is 1. The third kappa shape index (κ3) is 4.09. The van der Waals surface area contributed by atoms with Gasteiger partial charge in [0.05, 0.1) is 19.9 Å². The van der Waals surface area contributed by atoms with Gasteiger partial charge in [0, 0.05) is 18.5 Å². The van der Waals surface area contributed by atoms with Crippen molar-refractivity contribution in [1.29, 1.82) is 0 Å². The Morgan fingerprint density at radius 2 is 1.92 bits per heavy atom. The first-order valence-electron chi connectivity index (χ1n) is 6.80. The lowest BCUT2D eigenvalue weighted by molar-refractivity contribution is -0.119. The number of aromatic nitrogens is 2. The van der Waals surface area contributed by atoms with Gasteiger partial charge in [-0.15, -0.1) is 0 Å². The monoisotopic (exact) mass is 332 g/mol. The summed E-state index contributed by atoms with van der Waals surface area (Å²) in [5.74, 6) is -0.493. The molecule has 1 heterocycles. The number of carbonyl (C=O) groups excluding carboxylic acids is 2. The van der Waals surface area contributed by atoms with Gasteiger partial charge in [-0.1, -0.05) is 0 Å². The number of esters is 1. The van der Waals surface area contributed by atoms with E-state index in [4.69, 9.17) is 19.9 Å². The second-order valence-corrected chi connectivity index (χ2v) is 4.48. The first-order valence-corrected chi connectivity index (χ1v) is 6.80. The molecule has 3 N–H and O–H groups in total. The first-order chi connectivity index (χ1) is 11.5. The van der Waals surface area contributed by atoms with E-state index in [0.29, 0.717) is 17.2 Å². The molecule has 1 aromatic carbocycles. The van der Waals surface area contributed by atoms with Gasteiger partial charge >= 0.3 is 5.97 Å². The van der Waals surface area contributed by atoms with Crippen molar-refractivity contribution in [2.45, 2.75) is 0 Å². The molecule has 0 fully saturated rings. The van der Waals surface area contributed by atoms with Crippen LogP contribution in [-0.2, 0) is 9.53 Å². The molecule has 1 amide bonds. The van der Waals surface area contributed by atoms with Gasteiger partial charge in [0.1, 0.15) is 11.5 Å². The summed E-state index contributed by atoms with van der Waals surface area (Å²) < 4.78 is 15.1. The summed E-state index contributed by atoms with van der Waals surface area (Å²) in [5.41, 5.74) is 5.75. The molecular weight excluding hydrogens is 316 g/mol. The number of carbonyl (C=O) groups is 2. The summed E-state index contributed by atoms with van der Waals surface area (Å²) in [5, 5.41) is 2.57. The number of nitrogens with one attached hydrogen (secondary N) is 1. The van der Waals surface area contributed by atoms with Crippen LogP contribution in [0.15, 0.2) is 30.6 Å². The Hall–Kier alpha value is -3.36. The van der Waals surface area contributed by atoms with E-state index < -0.39 is 18.5 Å². The molecule has 0 spiro atoms. The van der Waals surface area contributed by atoms with Gasteiger partial charge in [-0.3, -0.25) is 4.79 Å². The second kappa shape index (κ2) is 7.77. The maximum atomic E-state index is 11.9. The number of ether oxygens (including phenoxy) is 3. The zero-order valence-corrected chi connectivity index (χ0v) is 13.1. The molecule has 0 saturated heterocycles. The minimum atomic E-state index is -0.839. The Morgan fingerprint density at radius 3 is 2.58 bits per heavy atom. The van der Waals surface area contributed by atoms with Gasteiger partial charge in [0.15, 0.2) is 18.1 Å². The van der Waals surface area contributed by atoms with Crippen molar-refractivity contribution in [3.8, 4) is 11.5 Å². The lowest BCUT2D eigenvalue weighted by atomic mass is 10.2. The van der Waals surface area contributed by atoms with E-state index in [9.17, 15) is 9.59 Å². The van der Waals surface area contributed by atoms with Gasteiger partial charge in [0.25, 0.3) is 5.91 Å². The fourth-order valence-electron chi connectivity index (χ4n) is 1.80. The van der Waals surface area contributed by atoms with Crippen molar-refractivity contribution < 1.29 is 23.8 Å². The van der Waals surface area contributed by atoms with Crippen molar-refractivity contribution in [1.82, 2.24) is 9.97 Å². The van der Waals surface area contributed by atoms with E-state index >= 15 is 0 Å². The van der Waals surface area contributed by atoms with E-state index in [1.54, 1.807) is 18.2 Å². The smallest absolute Gasteiger partial charge is 0.361 e. The fraction of sp³-hybridized carbons (Fsp3) is 0.200. The van der Waals surface area contributed by atoms with Crippen LogP contribution in [0.3, 0.4) is 0 Å². The van der Waals surface area contributed by atoms with Crippen molar-refractivity contribution in [3.63, 3.8) is 0 Å². The Kier molecular flexibility index (Phi) is 5.50. The Balaban J connectivity index is 1.99. The zero-order valence-electron chi connectivity index (χ0n) is 13.1. The Morgan fingerprint density at radius 1 is 1.17 bits per heavy atom. The molecule has 0 unspecified atom stereocenters. The van der Waals surface area contributed by atoms with Crippen LogP contribution in [0.2, 0.25) is 0 Å². The number of amides is 1. The normalized spacial score (nSPS) is 9.92. The third-order valence-electron chi connectivity index (χ3n) is 2.93. The van der Waals surface area contributed by atoms with Crippen LogP contribution in [0, 0.1) is 0 Å². The maximum Gasteiger partial charge on any atom is 0.361 e. The van der Waals surface area contributed by atoms with Crippen molar-refractivity contribution >= 4 is 23.4 Å². The Labute approximate surface area is 137 Å². The molecule has 0 aliphatic rings. The number of rotatable bonds is 6. The highest BCUT2D eigenvalue weighted by Crippen LogP contribution is 2.28. The van der Waals surface area contributed by atoms with Crippen molar-refractivity contribution in [2.75, 3.05) is 31.9 Å². The topological polar surface area (TPSA) is 126 Å². The van der Waals surface area contributed by atoms with Gasteiger partial charge in [0.2, 0.25) is 0 Å². The number of hydrogen-bond donors (Lipinski definition) is 2. The van der Waals surface area contributed by atoms with E-state index in [2.05, 4.69) is 15.3 Å². The molecule has 2 aromatic rings. The summed E-state index contributed by atoms with van der Waals surface area (Å²) in [4.78, 5) is 31.2. The predicted molar refractivity (Wildman–Crippen MR) is 84.9 cm³/mol. The molecule has 9 heteroatoms. The van der Waals surface area contributed by atoms with Crippen LogP contribution in [0.4, 0.5) is 11.5 Å². The maximum absolute atomic E-state index is 11.9. The molecule has 24 heavy (non-hydrogen) atoms. The van der Waals surface area contributed by atoms with Crippen LogP contribution in [0.5, 0.6) is 11.5 Å². The van der Waals surface area contributed by atoms with E-state index in [-0.39, 0.29) is 11.5 Å². The summed E-state index contributed by atoms with van der Waals surface area (Å²) in [6.07, 6.45) is 2.64. The number of hydrogen-bond acceptors (Lipinski definition) is 8. The lowest BCUT2D eigenvalue weighted by Gasteiger charge is -2.12. The highest BCUT2D eigenvalue weighted by molar-refractivity contribution is 5.97. The van der Waals surface area contributed by atoms with Gasteiger partial charge in [-0.2, -0.15) is 0 Å². The van der Waals surface area contributed by atoms with Crippen LogP contribution >= 0.6 is 0 Å². The first kappa shape index (κ1) is 17.0. The average Bonchev–Trinajstić information content (AvgIpc) is 2.60. The molecule has 0 aliphatic heterocycles. The highest BCUT2D eigenvalue weighted by Gasteiger charge is 2.16. The third-order valence-corrected chi connectivity index (χ3v) is 2.93. The van der Waals surface area contributed by atoms with Crippen molar-refractivity contribution in [2.24, 2.45) is 0 Å². The number of nitrogens with zero attached hydrogens (tertiary/aromatic N) is 2. The van der Waals surface area contributed by atoms with E-state index in [1.165, 1.54) is 26.6 Å². The molecular formula is C15H16N4O5. The molecule has 0 saturated carbocycles. The summed E-state index contributed by atoms with van der Waals surface area (Å²) in [6, 6.07) is 4.91. The van der Waals surface area contributed by atoms with E-state index in [1.807, 2.05) is 0 Å². The molecule has 0 aliphatic carbocycles.